The van der Waals surface area contributed by atoms with Gasteiger partial charge < -0.3 is 10.8 Å². The average molecular weight is 164 g/mol. The van der Waals surface area contributed by atoms with E-state index in [2.05, 4.69) is 6.07 Å². The normalized spacial score (nSPS) is 12.4. The molecule has 0 aliphatic rings. The summed E-state index contributed by atoms with van der Waals surface area (Å²) in [5, 5.41) is 8.74. The molecule has 0 aromatic heterocycles. The van der Waals surface area contributed by atoms with Crippen LogP contribution < -0.4 is 5.73 Å². The zero-order chi connectivity index (χ0) is 8.97. The Hall–Kier alpha value is -1.35. The van der Waals surface area contributed by atoms with Crippen molar-refractivity contribution in [3.63, 3.8) is 0 Å². The van der Waals surface area contributed by atoms with Crippen LogP contribution in [0, 0.1) is 6.07 Å². The van der Waals surface area contributed by atoms with E-state index >= 15 is 0 Å². The predicted octanol–water partition coefficient (Wildman–Crippen LogP) is 0.614. The molecule has 0 saturated carbocycles. The number of carboxylic acid groups (broad SMARTS) is 1. The first-order chi connectivity index (χ1) is 5.75. The highest BCUT2D eigenvalue weighted by molar-refractivity contribution is 5.76. The van der Waals surface area contributed by atoms with Crippen molar-refractivity contribution in [2.45, 2.75) is 5.92 Å². The van der Waals surface area contributed by atoms with Gasteiger partial charge in [0.1, 0.15) is 0 Å². The quantitative estimate of drug-likeness (QED) is 0.688. The van der Waals surface area contributed by atoms with Crippen LogP contribution in [0.4, 0.5) is 0 Å². The van der Waals surface area contributed by atoms with Crippen LogP contribution in [0.3, 0.4) is 0 Å². The van der Waals surface area contributed by atoms with Gasteiger partial charge >= 0.3 is 5.97 Å². The number of carboxylic acids is 1. The standard InChI is InChI=1S/C9H10NO2/c10-6-8(9(11)12)7-4-2-1-3-5-7/h2-5,8H,6,10H2,(H,11,12). The van der Waals surface area contributed by atoms with Gasteiger partial charge in [0.05, 0.1) is 5.92 Å². The Bertz CT molecular complexity index is 258. The molecule has 0 aliphatic heterocycles. The third-order valence-electron chi connectivity index (χ3n) is 1.68. The third-order valence-corrected chi connectivity index (χ3v) is 1.68. The molecule has 0 spiro atoms. The molecule has 0 amide bonds. The summed E-state index contributed by atoms with van der Waals surface area (Å²) in [5.41, 5.74) is 6.04. The predicted molar refractivity (Wildman–Crippen MR) is 44.7 cm³/mol. The minimum atomic E-state index is -0.885. The summed E-state index contributed by atoms with van der Waals surface area (Å²) < 4.78 is 0. The Kier molecular flexibility index (Phi) is 2.82. The van der Waals surface area contributed by atoms with Gasteiger partial charge in [-0.2, -0.15) is 0 Å². The van der Waals surface area contributed by atoms with Gasteiger partial charge in [-0.25, -0.2) is 0 Å². The third kappa shape index (κ3) is 1.83. The molecule has 0 fully saturated rings. The van der Waals surface area contributed by atoms with E-state index in [4.69, 9.17) is 10.8 Å². The molecule has 3 heteroatoms. The van der Waals surface area contributed by atoms with Crippen LogP contribution in [-0.2, 0) is 4.79 Å². The highest BCUT2D eigenvalue weighted by atomic mass is 16.4. The highest BCUT2D eigenvalue weighted by Crippen LogP contribution is 2.13. The van der Waals surface area contributed by atoms with Gasteiger partial charge in [-0.3, -0.25) is 4.79 Å². The van der Waals surface area contributed by atoms with E-state index in [0.717, 1.165) is 5.56 Å². The van der Waals surface area contributed by atoms with Crippen LogP contribution in [-0.4, -0.2) is 17.6 Å². The van der Waals surface area contributed by atoms with Crippen LogP contribution in [0.15, 0.2) is 24.3 Å². The number of aliphatic carboxylic acids is 1. The van der Waals surface area contributed by atoms with E-state index in [9.17, 15) is 4.79 Å². The summed E-state index contributed by atoms with van der Waals surface area (Å²) in [7, 11) is 0. The van der Waals surface area contributed by atoms with Gasteiger partial charge in [-0.15, -0.1) is 0 Å². The van der Waals surface area contributed by atoms with Crippen molar-refractivity contribution in [3.8, 4) is 0 Å². The van der Waals surface area contributed by atoms with Gasteiger partial charge in [-0.1, -0.05) is 24.3 Å². The molecule has 3 N–H and O–H groups in total. The van der Waals surface area contributed by atoms with Gasteiger partial charge in [-0.05, 0) is 11.6 Å². The molecule has 1 atom stereocenters. The van der Waals surface area contributed by atoms with E-state index < -0.39 is 11.9 Å². The minimum Gasteiger partial charge on any atom is -0.481 e. The Morgan fingerprint density at radius 3 is 2.58 bits per heavy atom. The fraction of sp³-hybridized carbons (Fsp3) is 0.222. The summed E-state index contributed by atoms with van der Waals surface area (Å²) in [5.74, 6) is -1.48. The minimum absolute atomic E-state index is 0.124. The molecule has 1 radical (unpaired) electrons. The molecule has 3 nitrogen and oxygen atoms in total. The van der Waals surface area contributed by atoms with Crippen molar-refractivity contribution in [2.75, 3.05) is 6.54 Å². The maximum absolute atomic E-state index is 10.6. The first-order valence-corrected chi connectivity index (χ1v) is 3.64. The summed E-state index contributed by atoms with van der Waals surface area (Å²) in [6, 6.07) is 9.61. The van der Waals surface area contributed by atoms with Crippen molar-refractivity contribution in [3.05, 3.63) is 35.9 Å². The summed E-state index contributed by atoms with van der Waals surface area (Å²) >= 11 is 0. The largest absolute Gasteiger partial charge is 0.481 e. The van der Waals surface area contributed by atoms with Crippen molar-refractivity contribution in [2.24, 2.45) is 5.73 Å². The number of nitrogens with two attached hydrogens (primary N) is 1. The molecule has 1 aromatic rings. The van der Waals surface area contributed by atoms with Crippen LogP contribution in [0.2, 0.25) is 0 Å². The van der Waals surface area contributed by atoms with E-state index in [1.165, 1.54) is 0 Å². The number of hydrogen-bond acceptors (Lipinski definition) is 2. The molecule has 0 aliphatic carbocycles. The first-order valence-electron chi connectivity index (χ1n) is 3.64. The molecule has 12 heavy (non-hydrogen) atoms. The van der Waals surface area contributed by atoms with Crippen molar-refractivity contribution < 1.29 is 9.90 Å². The summed E-state index contributed by atoms with van der Waals surface area (Å²) in [6.07, 6.45) is 0. The Balaban J connectivity index is 2.88. The van der Waals surface area contributed by atoms with Crippen LogP contribution >= 0.6 is 0 Å². The van der Waals surface area contributed by atoms with E-state index in [-0.39, 0.29) is 6.54 Å². The number of benzene rings is 1. The molecule has 1 unspecified atom stereocenters. The second-order valence-corrected chi connectivity index (χ2v) is 2.46. The Labute approximate surface area is 70.8 Å². The molecular weight excluding hydrogens is 154 g/mol. The smallest absolute Gasteiger partial charge is 0.312 e. The SMILES string of the molecule is NCC(C(=O)O)c1cc[c]cc1. The number of rotatable bonds is 3. The zero-order valence-electron chi connectivity index (χ0n) is 6.53. The summed E-state index contributed by atoms with van der Waals surface area (Å²) in [4.78, 5) is 10.6. The molecule has 1 rings (SSSR count). The Morgan fingerprint density at radius 2 is 2.17 bits per heavy atom. The lowest BCUT2D eigenvalue weighted by atomic mass is 10.00. The van der Waals surface area contributed by atoms with Crippen molar-refractivity contribution >= 4 is 5.97 Å². The zero-order valence-corrected chi connectivity index (χ0v) is 6.53. The number of hydrogen-bond donors (Lipinski definition) is 2. The average Bonchev–Trinajstić information content (AvgIpc) is 2.07. The van der Waals surface area contributed by atoms with Gasteiger partial charge in [0.15, 0.2) is 0 Å². The van der Waals surface area contributed by atoms with Crippen molar-refractivity contribution in [1.82, 2.24) is 0 Å². The first kappa shape index (κ1) is 8.74. The van der Waals surface area contributed by atoms with Gasteiger partial charge in [0, 0.05) is 6.54 Å². The molecule has 0 saturated heterocycles. The molecular formula is C9H10NO2. The van der Waals surface area contributed by atoms with Crippen LogP contribution in [0.1, 0.15) is 11.5 Å². The second kappa shape index (κ2) is 3.88. The lowest BCUT2D eigenvalue weighted by molar-refractivity contribution is -0.138. The number of carbonyl (C=O) groups is 1. The maximum atomic E-state index is 10.6. The second-order valence-electron chi connectivity index (χ2n) is 2.46. The lowest BCUT2D eigenvalue weighted by Crippen LogP contribution is -2.20. The summed E-state index contributed by atoms with van der Waals surface area (Å²) in [6.45, 7) is 0.124. The maximum Gasteiger partial charge on any atom is 0.312 e. The van der Waals surface area contributed by atoms with E-state index in [1.807, 2.05) is 0 Å². The molecule has 0 bridgehead atoms. The molecule has 1 aromatic carbocycles. The molecule has 63 valence electrons. The lowest BCUT2D eigenvalue weighted by Gasteiger charge is -2.08. The molecule has 0 heterocycles. The topological polar surface area (TPSA) is 63.3 Å². The van der Waals surface area contributed by atoms with Gasteiger partial charge in [0.2, 0.25) is 0 Å². The van der Waals surface area contributed by atoms with E-state index in [1.54, 1.807) is 24.3 Å². The fourth-order valence-corrected chi connectivity index (χ4v) is 1.01. The van der Waals surface area contributed by atoms with E-state index in [0.29, 0.717) is 0 Å². The van der Waals surface area contributed by atoms with Crippen molar-refractivity contribution in [1.29, 1.82) is 0 Å². The van der Waals surface area contributed by atoms with Crippen LogP contribution in [0.5, 0.6) is 0 Å². The Morgan fingerprint density at radius 1 is 1.58 bits per heavy atom. The fourth-order valence-electron chi connectivity index (χ4n) is 1.01. The van der Waals surface area contributed by atoms with Gasteiger partial charge in [0.25, 0.3) is 0 Å². The monoisotopic (exact) mass is 164 g/mol. The van der Waals surface area contributed by atoms with Crippen LogP contribution in [0.25, 0.3) is 0 Å². The highest BCUT2D eigenvalue weighted by Gasteiger charge is 2.16.